The smallest absolute Gasteiger partial charge is 0.273 e. The molecule has 1 aromatic heterocycles. The Hall–Kier alpha value is -2.12. The quantitative estimate of drug-likeness (QED) is 0.806. The van der Waals surface area contributed by atoms with Gasteiger partial charge >= 0.3 is 0 Å². The van der Waals surface area contributed by atoms with Gasteiger partial charge in [0, 0.05) is 0 Å². The van der Waals surface area contributed by atoms with Crippen molar-refractivity contribution in [2.45, 2.75) is 38.8 Å². The first-order valence-electron chi connectivity index (χ1n) is 8.83. The first kappa shape index (κ1) is 20.2. The summed E-state index contributed by atoms with van der Waals surface area (Å²) in [5.41, 5.74) is 1.34. The van der Waals surface area contributed by atoms with Crippen LogP contribution in [0.4, 0.5) is 0 Å². The summed E-state index contributed by atoms with van der Waals surface area (Å²) in [4.78, 5) is 12.5. The van der Waals surface area contributed by atoms with E-state index in [1.54, 1.807) is 6.20 Å². The van der Waals surface area contributed by atoms with Crippen molar-refractivity contribution in [2.24, 2.45) is 0 Å². The molecule has 0 aliphatic carbocycles. The number of carbonyl (C=O) groups is 1. The minimum absolute atomic E-state index is 0. The lowest BCUT2D eigenvalue weighted by Crippen LogP contribution is -2.29. The van der Waals surface area contributed by atoms with Crippen LogP contribution in [0.3, 0.4) is 0 Å². The minimum atomic E-state index is -0.213. The van der Waals surface area contributed by atoms with Crippen molar-refractivity contribution in [2.75, 3.05) is 19.7 Å². The molecule has 1 aromatic carbocycles. The number of nitrogens with one attached hydrogen (secondary N) is 2. The second-order valence-corrected chi connectivity index (χ2v) is 6.27. The topological polar surface area (TPSA) is 81.1 Å². The molecule has 1 aliphatic rings. The number of aromatic nitrogens is 3. The Labute approximate surface area is 159 Å². The fourth-order valence-electron chi connectivity index (χ4n) is 3.02. The average molecular weight is 380 g/mol. The zero-order valence-electron chi connectivity index (χ0n) is 15.1. The maximum Gasteiger partial charge on any atom is 0.273 e. The zero-order valence-corrected chi connectivity index (χ0v) is 16.0. The van der Waals surface area contributed by atoms with Crippen molar-refractivity contribution >= 4 is 18.3 Å². The highest BCUT2D eigenvalue weighted by Crippen LogP contribution is 2.20. The molecule has 1 saturated heterocycles. The van der Waals surface area contributed by atoms with E-state index >= 15 is 0 Å². The highest BCUT2D eigenvalue weighted by atomic mass is 35.5. The summed E-state index contributed by atoms with van der Waals surface area (Å²) >= 11 is 0. The standard InChI is InChI=1S/C18H25N5O2.ClH/c1-3-25-16-6-4-5-14(11-16)13(2)20-18(24)17-12-23(22-21-17)15-7-9-19-10-8-15;/h4-6,11-13,15,19H,3,7-10H2,1-2H3,(H,20,24);1H. The van der Waals surface area contributed by atoms with Crippen molar-refractivity contribution in [3.8, 4) is 5.75 Å². The maximum atomic E-state index is 12.5. The highest BCUT2D eigenvalue weighted by molar-refractivity contribution is 5.92. The number of nitrogens with zero attached hydrogens (tertiary/aromatic N) is 3. The van der Waals surface area contributed by atoms with Gasteiger partial charge in [-0.05, 0) is 57.5 Å². The number of rotatable bonds is 6. The van der Waals surface area contributed by atoms with E-state index < -0.39 is 0 Å². The van der Waals surface area contributed by atoms with Crippen molar-refractivity contribution in [3.05, 3.63) is 41.7 Å². The summed E-state index contributed by atoms with van der Waals surface area (Å²) in [6, 6.07) is 7.93. The van der Waals surface area contributed by atoms with Gasteiger partial charge in [-0.1, -0.05) is 17.3 Å². The Morgan fingerprint density at radius 3 is 2.92 bits per heavy atom. The van der Waals surface area contributed by atoms with Crippen molar-refractivity contribution in [3.63, 3.8) is 0 Å². The van der Waals surface area contributed by atoms with Gasteiger partial charge in [-0.2, -0.15) is 0 Å². The van der Waals surface area contributed by atoms with Gasteiger partial charge in [0.2, 0.25) is 0 Å². The molecule has 2 aromatic rings. The Morgan fingerprint density at radius 2 is 2.19 bits per heavy atom. The zero-order chi connectivity index (χ0) is 17.6. The van der Waals surface area contributed by atoms with E-state index in [1.807, 2.05) is 42.8 Å². The van der Waals surface area contributed by atoms with Crippen LogP contribution in [0.1, 0.15) is 54.8 Å². The summed E-state index contributed by atoms with van der Waals surface area (Å²) < 4.78 is 7.33. The van der Waals surface area contributed by atoms with Crippen LogP contribution in [0.2, 0.25) is 0 Å². The molecule has 26 heavy (non-hydrogen) atoms. The van der Waals surface area contributed by atoms with Crippen LogP contribution in [0.5, 0.6) is 5.75 Å². The molecule has 0 saturated carbocycles. The number of hydrogen-bond donors (Lipinski definition) is 2. The number of piperidine rings is 1. The number of hydrogen-bond acceptors (Lipinski definition) is 5. The van der Waals surface area contributed by atoms with E-state index in [2.05, 4.69) is 20.9 Å². The molecule has 142 valence electrons. The fourth-order valence-corrected chi connectivity index (χ4v) is 3.02. The molecule has 0 bridgehead atoms. The van der Waals surface area contributed by atoms with Crippen LogP contribution in [0.25, 0.3) is 0 Å². The van der Waals surface area contributed by atoms with Gasteiger partial charge in [-0.25, -0.2) is 4.68 Å². The molecule has 1 aliphatic heterocycles. The van der Waals surface area contributed by atoms with Crippen LogP contribution in [-0.4, -0.2) is 40.6 Å². The van der Waals surface area contributed by atoms with Gasteiger partial charge in [-0.3, -0.25) is 4.79 Å². The van der Waals surface area contributed by atoms with Crippen LogP contribution >= 0.6 is 12.4 Å². The largest absolute Gasteiger partial charge is 0.494 e. The number of ether oxygens (including phenoxy) is 1. The van der Waals surface area contributed by atoms with Crippen LogP contribution in [-0.2, 0) is 0 Å². The molecule has 3 rings (SSSR count). The molecule has 1 fully saturated rings. The molecular formula is C18H26ClN5O2. The highest BCUT2D eigenvalue weighted by Gasteiger charge is 2.20. The molecule has 2 N–H and O–H groups in total. The van der Waals surface area contributed by atoms with Gasteiger partial charge in [0.05, 0.1) is 24.9 Å². The normalized spacial score (nSPS) is 15.8. The van der Waals surface area contributed by atoms with Crippen LogP contribution in [0, 0.1) is 0 Å². The molecule has 0 spiro atoms. The molecule has 2 heterocycles. The lowest BCUT2D eigenvalue weighted by atomic mass is 10.1. The fraction of sp³-hybridized carbons (Fsp3) is 0.500. The summed E-state index contributed by atoms with van der Waals surface area (Å²) in [5, 5.41) is 14.5. The maximum absolute atomic E-state index is 12.5. The number of halogens is 1. The molecule has 0 radical (unpaired) electrons. The second kappa shape index (κ2) is 9.54. The molecule has 1 amide bonds. The number of benzene rings is 1. The average Bonchev–Trinajstić information content (AvgIpc) is 3.13. The molecule has 1 atom stereocenters. The Morgan fingerprint density at radius 1 is 1.42 bits per heavy atom. The van der Waals surface area contributed by atoms with E-state index in [9.17, 15) is 4.79 Å². The van der Waals surface area contributed by atoms with Gasteiger partial charge < -0.3 is 15.4 Å². The number of amides is 1. The molecule has 1 unspecified atom stereocenters. The first-order valence-corrected chi connectivity index (χ1v) is 8.83. The molecular weight excluding hydrogens is 354 g/mol. The summed E-state index contributed by atoms with van der Waals surface area (Å²) in [6.45, 7) is 6.45. The van der Waals surface area contributed by atoms with Gasteiger partial charge in [0.25, 0.3) is 5.91 Å². The third-order valence-corrected chi connectivity index (χ3v) is 4.44. The van der Waals surface area contributed by atoms with E-state index in [0.717, 1.165) is 37.2 Å². The third-order valence-electron chi connectivity index (χ3n) is 4.44. The lowest BCUT2D eigenvalue weighted by molar-refractivity contribution is 0.0934. The van der Waals surface area contributed by atoms with Gasteiger partial charge in [-0.15, -0.1) is 17.5 Å². The van der Waals surface area contributed by atoms with E-state index in [4.69, 9.17) is 4.74 Å². The predicted molar refractivity (Wildman–Crippen MR) is 102 cm³/mol. The van der Waals surface area contributed by atoms with Gasteiger partial charge in [0.1, 0.15) is 5.75 Å². The summed E-state index contributed by atoms with van der Waals surface area (Å²) in [6.07, 6.45) is 3.75. The van der Waals surface area contributed by atoms with Crippen LogP contribution < -0.4 is 15.4 Å². The molecule has 7 nitrogen and oxygen atoms in total. The number of carbonyl (C=O) groups excluding carboxylic acids is 1. The third kappa shape index (κ3) is 4.95. The van der Waals surface area contributed by atoms with Crippen molar-refractivity contribution in [1.82, 2.24) is 25.6 Å². The second-order valence-electron chi connectivity index (χ2n) is 6.27. The molecule has 8 heteroatoms. The Balaban J connectivity index is 0.00000243. The minimum Gasteiger partial charge on any atom is -0.494 e. The SMILES string of the molecule is CCOc1cccc(C(C)NC(=O)c2cn(C3CCNCC3)nn2)c1.Cl. The van der Waals surface area contributed by atoms with E-state index in [0.29, 0.717) is 18.3 Å². The van der Waals surface area contributed by atoms with E-state index in [1.165, 1.54) is 0 Å². The van der Waals surface area contributed by atoms with Crippen LogP contribution in [0.15, 0.2) is 30.5 Å². The van der Waals surface area contributed by atoms with Gasteiger partial charge in [0.15, 0.2) is 5.69 Å². The lowest BCUT2D eigenvalue weighted by Gasteiger charge is -2.22. The predicted octanol–water partition coefficient (Wildman–Crippen LogP) is 2.51. The Kier molecular flexibility index (Phi) is 7.41. The van der Waals surface area contributed by atoms with Crippen molar-refractivity contribution < 1.29 is 9.53 Å². The first-order chi connectivity index (χ1) is 12.2. The Bertz CT molecular complexity index is 715. The van der Waals surface area contributed by atoms with E-state index in [-0.39, 0.29) is 24.4 Å². The summed E-state index contributed by atoms with van der Waals surface area (Å²) in [5.74, 6) is 0.590. The monoisotopic (exact) mass is 379 g/mol. The van der Waals surface area contributed by atoms with Crippen molar-refractivity contribution in [1.29, 1.82) is 0 Å². The summed E-state index contributed by atoms with van der Waals surface area (Å²) in [7, 11) is 0.